The Labute approximate surface area is 103 Å². The van der Waals surface area contributed by atoms with Gasteiger partial charge in [0.05, 0.1) is 6.04 Å². The van der Waals surface area contributed by atoms with Gasteiger partial charge in [-0.3, -0.25) is 0 Å². The van der Waals surface area contributed by atoms with Crippen molar-refractivity contribution < 1.29 is 4.79 Å². The van der Waals surface area contributed by atoms with E-state index in [2.05, 4.69) is 38.2 Å². The van der Waals surface area contributed by atoms with Crippen LogP contribution in [0, 0.1) is 5.41 Å². The molecule has 0 aliphatic carbocycles. The highest BCUT2D eigenvalue weighted by molar-refractivity contribution is 5.75. The normalized spacial score (nSPS) is 19.1. The van der Waals surface area contributed by atoms with E-state index in [1.165, 1.54) is 11.1 Å². The van der Waals surface area contributed by atoms with Gasteiger partial charge in [0.1, 0.15) is 0 Å². The van der Waals surface area contributed by atoms with Crippen LogP contribution in [-0.4, -0.2) is 18.0 Å². The molecule has 2 amide bonds. The SMILES string of the molecule is CNC(=O)N1Cc2ccccc2C1C(C)(C)C. The molecule has 0 bridgehead atoms. The summed E-state index contributed by atoms with van der Waals surface area (Å²) in [6, 6.07) is 8.47. The monoisotopic (exact) mass is 232 g/mol. The molecular weight excluding hydrogens is 212 g/mol. The van der Waals surface area contributed by atoms with Crippen molar-refractivity contribution in [2.75, 3.05) is 7.05 Å². The van der Waals surface area contributed by atoms with Crippen LogP contribution in [0.4, 0.5) is 4.79 Å². The van der Waals surface area contributed by atoms with E-state index in [0.29, 0.717) is 6.54 Å². The fraction of sp³-hybridized carbons (Fsp3) is 0.500. The van der Waals surface area contributed by atoms with Crippen molar-refractivity contribution in [3.63, 3.8) is 0 Å². The van der Waals surface area contributed by atoms with Crippen LogP contribution in [0.3, 0.4) is 0 Å². The number of nitrogens with one attached hydrogen (secondary N) is 1. The minimum absolute atomic E-state index is 0.00104. The summed E-state index contributed by atoms with van der Waals surface area (Å²) < 4.78 is 0. The Hall–Kier alpha value is -1.51. The number of carbonyl (C=O) groups is 1. The molecule has 1 aliphatic rings. The molecule has 0 spiro atoms. The molecule has 1 unspecified atom stereocenters. The van der Waals surface area contributed by atoms with Gasteiger partial charge in [-0.2, -0.15) is 0 Å². The van der Waals surface area contributed by atoms with Gasteiger partial charge in [0.15, 0.2) is 0 Å². The van der Waals surface area contributed by atoms with E-state index in [0.717, 1.165) is 0 Å². The molecular formula is C14H20N2O. The molecule has 1 atom stereocenters. The zero-order valence-electron chi connectivity index (χ0n) is 10.9. The number of rotatable bonds is 0. The third kappa shape index (κ3) is 2.02. The predicted octanol–water partition coefficient (Wildman–Crippen LogP) is 2.93. The fourth-order valence-corrected chi connectivity index (χ4v) is 2.65. The molecule has 1 N–H and O–H groups in total. The maximum atomic E-state index is 12.0. The lowest BCUT2D eigenvalue weighted by Crippen LogP contribution is -2.41. The van der Waals surface area contributed by atoms with E-state index in [-0.39, 0.29) is 17.5 Å². The first kappa shape index (κ1) is 12.0. The molecule has 1 heterocycles. The van der Waals surface area contributed by atoms with Crippen LogP contribution in [-0.2, 0) is 6.54 Å². The van der Waals surface area contributed by atoms with Gasteiger partial charge in [-0.15, -0.1) is 0 Å². The highest BCUT2D eigenvalue weighted by Gasteiger charge is 2.40. The molecule has 3 heteroatoms. The van der Waals surface area contributed by atoms with Crippen LogP contribution in [0.15, 0.2) is 24.3 Å². The second-order valence-corrected chi connectivity index (χ2v) is 5.65. The van der Waals surface area contributed by atoms with E-state index in [9.17, 15) is 4.79 Å². The molecule has 2 rings (SSSR count). The summed E-state index contributed by atoms with van der Waals surface area (Å²) in [5, 5.41) is 2.73. The topological polar surface area (TPSA) is 32.3 Å². The number of hydrogen-bond acceptors (Lipinski definition) is 1. The summed E-state index contributed by atoms with van der Waals surface area (Å²) in [5.74, 6) is 0. The summed E-state index contributed by atoms with van der Waals surface area (Å²) in [6.07, 6.45) is 0. The molecule has 0 saturated carbocycles. The van der Waals surface area contributed by atoms with Crippen molar-refractivity contribution in [2.45, 2.75) is 33.4 Å². The molecule has 0 aromatic heterocycles. The molecule has 3 nitrogen and oxygen atoms in total. The molecule has 0 fully saturated rings. The van der Waals surface area contributed by atoms with Gasteiger partial charge in [-0.05, 0) is 16.5 Å². The van der Waals surface area contributed by atoms with Gasteiger partial charge in [0.25, 0.3) is 0 Å². The van der Waals surface area contributed by atoms with Gasteiger partial charge < -0.3 is 10.2 Å². The lowest BCUT2D eigenvalue weighted by Gasteiger charge is -2.35. The zero-order chi connectivity index (χ0) is 12.6. The van der Waals surface area contributed by atoms with E-state index in [1.807, 2.05) is 17.0 Å². The van der Waals surface area contributed by atoms with Crippen LogP contribution < -0.4 is 5.32 Å². The standard InChI is InChI=1S/C14H20N2O/c1-14(2,3)12-11-8-6-5-7-10(11)9-16(12)13(17)15-4/h5-8,12H,9H2,1-4H3,(H,15,17). The highest BCUT2D eigenvalue weighted by Crippen LogP contribution is 2.44. The summed E-state index contributed by atoms with van der Waals surface area (Å²) in [6.45, 7) is 7.24. The summed E-state index contributed by atoms with van der Waals surface area (Å²) in [7, 11) is 1.69. The summed E-state index contributed by atoms with van der Waals surface area (Å²) >= 11 is 0. The van der Waals surface area contributed by atoms with E-state index in [1.54, 1.807) is 7.05 Å². The minimum atomic E-state index is 0.00104. The zero-order valence-corrected chi connectivity index (χ0v) is 10.9. The van der Waals surface area contributed by atoms with E-state index in [4.69, 9.17) is 0 Å². The maximum absolute atomic E-state index is 12.0. The van der Waals surface area contributed by atoms with Gasteiger partial charge in [0.2, 0.25) is 0 Å². The largest absolute Gasteiger partial charge is 0.341 e. The van der Waals surface area contributed by atoms with E-state index < -0.39 is 0 Å². The average Bonchev–Trinajstić information content (AvgIpc) is 2.66. The lowest BCUT2D eigenvalue weighted by atomic mass is 9.82. The van der Waals surface area contributed by atoms with Crippen molar-refractivity contribution in [3.05, 3.63) is 35.4 Å². The van der Waals surface area contributed by atoms with Gasteiger partial charge in [0, 0.05) is 13.6 Å². The molecule has 1 aliphatic heterocycles. The van der Waals surface area contributed by atoms with Crippen molar-refractivity contribution in [1.82, 2.24) is 10.2 Å². The summed E-state index contributed by atoms with van der Waals surface area (Å²) in [5.41, 5.74) is 2.58. The van der Waals surface area contributed by atoms with Gasteiger partial charge in [-0.25, -0.2) is 4.79 Å². The van der Waals surface area contributed by atoms with Crippen molar-refractivity contribution in [1.29, 1.82) is 0 Å². The smallest absolute Gasteiger partial charge is 0.317 e. The van der Waals surface area contributed by atoms with Crippen LogP contribution >= 0.6 is 0 Å². The van der Waals surface area contributed by atoms with Crippen molar-refractivity contribution >= 4 is 6.03 Å². The average molecular weight is 232 g/mol. The number of hydrogen-bond donors (Lipinski definition) is 1. The Kier molecular flexibility index (Phi) is 2.86. The molecule has 1 aromatic carbocycles. The second kappa shape index (κ2) is 4.06. The number of nitrogens with zero attached hydrogens (tertiary/aromatic N) is 1. The third-order valence-corrected chi connectivity index (χ3v) is 3.30. The number of carbonyl (C=O) groups excluding carboxylic acids is 1. The third-order valence-electron chi connectivity index (χ3n) is 3.30. The van der Waals surface area contributed by atoms with Crippen LogP contribution in [0.1, 0.15) is 37.9 Å². The Bertz CT molecular complexity index is 434. The van der Waals surface area contributed by atoms with Crippen LogP contribution in [0.2, 0.25) is 0 Å². The Morgan fingerprint density at radius 2 is 2.00 bits per heavy atom. The predicted molar refractivity (Wildman–Crippen MR) is 68.6 cm³/mol. The Morgan fingerprint density at radius 1 is 1.35 bits per heavy atom. The number of urea groups is 1. The van der Waals surface area contributed by atoms with Crippen molar-refractivity contribution in [2.24, 2.45) is 5.41 Å². The molecule has 92 valence electrons. The maximum Gasteiger partial charge on any atom is 0.317 e. The molecule has 17 heavy (non-hydrogen) atoms. The molecule has 0 radical (unpaired) electrons. The minimum Gasteiger partial charge on any atom is -0.341 e. The van der Waals surface area contributed by atoms with E-state index >= 15 is 0 Å². The van der Waals surface area contributed by atoms with Gasteiger partial charge >= 0.3 is 6.03 Å². The number of benzene rings is 1. The molecule has 1 aromatic rings. The number of fused-ring (bicyclic) bond motifs is 1. The summed E-state index contributed by atoms with van der Waals surface area (Å²) in [4.78, 5) is 13.9. The Morgan fingerprint density at radius 3 is 2.59 bits per heavy atom. The molecule has 0 saturated heterocycles. The first-order valence-corrected chi connectivity index (χ1v) is 6.01. The Balaban J connectivity index is 2.44. The van der Waals surface area contributed by atoms with Crippen LogP contribution in [0.5, 0.6) is 0 Å². The lowest BCUT2D eigenvalue weighted by molar-refractivity contribution is 0.128. The number of amides is 2. The second-order valence-electron chi connectivity index (χ2n) is 5.65. The highest BCUT2D eigenvalue weighted by atomic mass is 16.2. The fourth-order valence-electron chi connectivity index (χ4n) is 2.65. The van der Waals surface area contributed by atoms with Crippen molar-refractivity contribution in [3.8, 4) is 0 Å². The van der Waals surface area contributed by atoms with Crippen LogP contribution in [0.25, 0.3) is 0 Å². The quantitative estimate of drug-likeness (QED) is 0.733. The first-order chi connectivity index (χ1) is 7.95. The van der Waals surface area contributed by atoms with Gasteiger partial charge in [-0.1, -0.05) is 45.0 Å². The first-order valence-electron chi connectivity index (χ1n) is 6.01.